The van der Waals surface area contributed by atoms with E-state index in [1.54, 1.807) is 25.8 Å². The minimum atomic E-state index is -0.986. The molecule has 6 heteroatoms. The second kappa shape index (κ2) is 6.75. The third-order valence-corrected chi connectivity index (χ3v) is 3.77. The first-order valence-corrected chi connectivity index (χ1v) is 6.77. The molecule has 0 bridgehead atoms. The molecule has 1 fully saturated rings. The van der Waals surface area contributed by atoms with Gasteiger partial charge in [0, 0.05) is 13.1 Å². The Morgan fingerprint density at radius 1 is 1.32 bits per heavy atom. The summed E-state index contributed by atoms with van der Waals surface area (Å²) in [5.74, 6) is -1.12. The summed E-state index contributed by atoms with van der Waals surface area (Å²) in [6.07, 6.45) is 1.86. The van der Waals surface area contributed by atoms with Gasteiger partial charge in [0.2, 0.25) is 0 Å². The fourth-order valence-corrected chi connectivity index (χ4v) is 2.30. The molecule has 2 amide bonds. The molecule has 1 saturated heterocycles. The van der Waals surface area contributed by atoms with Crippen LogP contribution in [0.15, 0.2) is 0 Å². The van der Waals surface area contributed by atoms with Crippen LogP contribution in [-0.4, -0.2) is 66.2 Å². The maximum absolute atomic E-state index is 12.1. The Kier molecular flexibility index (Phi) is 5.60. The Morgan fingerprint density at radius 3 is 2.26 bits per heavy atom. The number of amides is 2. The lowest BCUT2D eigenvalue weighted by Crippen LogP contribution is -2.53. The van der Waals surface area contributed by atoms with E-state index < -0.39 is 12.0 Å². The van der Waals surface area contributed by atoms with E-state index in [0.717, 1.165) is 25.9 Å². The van der Waals surface area contributed by atoms with Crippen LogP contribution in [0.3, 0.4) is 0 Å². The van der Waals surface area contributed by atoms with Crippen LogP contribution in [0, 0.1) is 5.92 Å². The molecule has 0 saturated carbocycles. The van der Waals surface area contributed by atoms with Gasteiger partial charge in [0.25, 0.3) is 0 Å². The molecule has 1 rings (SSSR count). The molecular weight excluding hydrogens is 246 g/mol. The first kappa shape index (κ1) is 15.8. The number of hydrogen-bond donors (Lipinski definition) is 2. The van der Waals surface area contributed by atoms with E-state index >= 15 is 0 Å². The summed E-state index contributed by atoms with van der Waals surface area (Å²) in [6, 6.07) is -0.935. The number of hydrogen-bond acceptors (Lipinski definition) is 3. The summed E-state index contributed by atoms with van der Waals surface area (Å²) >= 11 is 0. The van der Waals surface area contributed by atoms with Crippen molar-refractivity contribution in [2.24, 2.45) is 5.92 Å². The van der Waals surface area contributed by atoms with E-state index in [1.165, 1.54) is 0 Å². The molecule has 1 aliphatic heterocycles. The highest BCUT2D eigenvalue weighted by atomic mass is 16.4. The third kappa shape index (κ3) is 4.38. The molecule has 0 radical (unpaired) electrons. The zero-order valence-electron chi connectivity index (χ0n) is 12.2. The van der Waals surface area contributed by atoms with Gasteiger partial charge < -0.3 is 20.2 Å². The summed E-state index contributed by atoms with van der Waals surface area (Å²) in [5, 5.41) is 11.7. The van der Waals surface area contributed by atoms with Crippen molar-refractivity contribution < 1.29 is 14.7 Å². The maximum atomic E-state index is 12.1. The van der Waals surface area contributed by atoms with Crippen LogP contribution < -0.4 is 5.32 Å². The number of carboxylic acids is 1. The van der Waals surface area contributed by atoms with Crippen molar-refractivity contribution >= 4 is 12.0 Å². The van der Waals surface area contributed by atoms with Crippen molar-refractivity contribution in [3.05, 3.63) is 0 Å². The minimum absolute atomic E-state index is 0.132. The van der Waals surface area contributed by atoms with E-state index in [1.807, 2.05) is 0 Å². The molecule has 19 heavy (non-hydrogen) atoms. The summed E-state index contributed by atoms with van der Waals surface area (Å²) < 4.78 is 0. The Morgan fingerprint density at radius 2 is 1.84 bits per heavy atom. The molecule has 1 heterocycles. The van der Waals surface area contributed by atoms with Gasteiger partial charge in [-0.3, -0.25) is 0 Å². The smallest absolute Gasteiger partial charge is 0.326 e. The number of urea groups is 1. The van der Waals surface area contributed by atoms with Crippen LogP contribution in [0.5, 0.6) is 0 Å². The Balaban J connectivity index is 2.54. The van der Waals surface area contributed by atoms with Gasteiger partial charge in [-0.05, 0) is 38.9 Å². The van der Waals surface area contributed by atoms with Crippen LogP contribution in [-0.2, 0) is 4.79 Å². The molecule has 6 nitrogen and oxygen atoms in total. The standard InChI is InChI=1S/C13H25N3O3/c1-9(2)11(12(17)18)14-13(19)16(4)10-5-7-15(3)8-6-10/h9-11H,5-8H2,1-4H3,(H,14,19)(H,17,18)/t11-/m0/s1. The van der Waals surface area contributed by atoms with Crippen LogP contribution in [0.4, 0.5) is 4.79 Å². The number of aliphatic carboxylic acids is 1. The summed E-state index contributed by atoms with van der Waals surface area (Å²) in [5.41, 5.74) is 0. The van der Waals surface area contributed by atoms with Gasteiger partial charge in [-0.1, -0.05) is 13.8 Å². The molecule has 0 spiro atoms. The molecule has 1 aliphatic rings. The van der Waals surface area contributed by atoms with Crippen molar-refractivity contribution in [1.82, 2.24) is 15.1 Å². The van der Waals surface area contributed by atoms with Crippen molar-refractivity contribution in [2.75, 3.05) is 27.2 Å². The highest BCUT2D eigenvalue weighted by Crippen LogP contribution is 2.14. The first-order chi connectivity index (χ1) is 8.82. The average molecular weight is 271 g/mol. The topological polar surface area (TPSA) is 72.9 Å². The van der Waals surface area contributed by atoms with E-state index in [2.05, 4.69) is 17.3 Å². The van der Waals surface area contributed by atoms with Gasteiger partial charge in [-0.15, -0.1) is 0 Å². The molecule has 0 aromatic heterocycles. The largest absolute Gasteiger partial charge is 0.480 e. The lowest BCUT2D eigenvalue weighted by molar-refractivity contribution is -0.140. The number of carbonyl (C=O) groups is 2. The molecule has 0 aliphatic carbocycles. The SMILES string of the molecule is CC(C)[C@H](NC(=O)N(C)C1CCN(C)CC1)C(=O)O. The van der Waals surface area contributed by atoms with Crippen LogP contribution >= 0.6 is 0 Å². The molecule has 1 atom stereocenters. The number of nitrogens with one attached hydrogen (secondary N) is 1. The minimum Gasteiger partial charge on any atom is -0.480 e. The second-order valence-corrected chi connectivity index (χ2v) is 5.65. The Hall–Kier alpha value is -1.30. The number of rotatable bonds is 4. The fraction of sp³-hybridized carbons (Fsp3) is 0.846. The van der Waals surface area contributed by atoms with Gasteiger partial charge in [-0.2, -0.15) is 0 Å². The fourth-order valence-electron chi connectivity index (χ4n) is 2.30. The highest BCUT2D eigenvalue weighted by molar-refractivity contribution is 5.82. The predicted molar refractivity (Wildman–Crippen MR) is 73.1 cm³/mol. The normalized spacial score (nSPS) is 19.2. The Labute approximate surface area is 114 Å². The van der Waals surface area contributed by atoms with Crippen molar-refractivity contribution in [1.29, 1.82) is 0 Å². The predicted octanol–water partition coefficient (Wildman–Crippen LogP) is 0.831. The highest BCUT2D eigenvalue weighted by Gasteiger charge is 2.28. The number of nitrogens with zero attached hydrogens (tertiary/aromatic N) is 2. The van der Waals surface area contributed by atoms with Gasteiger partial charge in [0.15, 0.2) is 0 Å². The number of piperidine rings is 1. The zero-order valence-corrected chi connectivity index (χ0v) is 12.2. The molecule has 2 N–H and O–H groups in total. The average Bonchev–Trinajstić information content (AvgIpc) is 2.34. The number of carbonyl (C=O) groups excluding carboxylic acids is 1. The van der Waals surface area contributed by atoms with Gasteiger partial charge in [-0.25, -0.2) is 9.59 Å². The van der Waals surface area contributed by atoms with Gasteiger partial charge in [0.05, 0.1) is 0 Å². The number of carboxylic acid groups (broad SMARTS) is 1. The van der Waals surface area contributed by atoms with E-state index in [9.17, 15) is 9.59 Å². The lowest BCUT2D eigenvalue weighted by atomic mass is 10.0. The third-order valence-electron chi connectivity index (χ3n) is 3.77. The number of likely N-dealkylation sites (tertiary alicyclic amines) is 1. The van der Waals surface area contributed by atoms with Crippen molar-refractivity contribution in [3.8, 4) is 0 Å². The summed E-state index contributed by atoms with van der Waals surface area (Å²) in [6.45, 7) is 5.51. The van der Waals surface area contributed by atoms with Crippen molar-refractivity contribution in [2.45, 2.75) is 38.8 Å². The Bertz CT molecular complexity index is 325. The summed E-state index contributed by atoms with van der Waals surface area (Å²) in [4.78, 5) is 27.0. The molecule has 0 unspecified atom stereocenters. The summed E-state index contributed by atoms with van der Waals surface area (Å²) in [7, 11) is 3.81. The molecular formula is C13H25N3O3. The van der Waals surface area contributed by atoms with E-state index in [-0.39, 0.29) is 18.0 Å². The van der Waals surface area contributed by atoms with Gasteiger partial charge in [0.1, 0.15) is 6.04 Å². The van der Waals surface area contributed by atoms with Crippen LogP contribution in [0.1, 0.15) is 26.7 Å². The maximum Gasteiger partial charge on any atom is 0.326 e. The molecule has 0 aromatic carbocycles. The molecule has 110 valence electrons. The van der Waals surface area contributed by atoms with Crippen LogP contribution in [0.25, 0.3) is 0 Å². The van der Waals surface area contributed by atoms with Crippen LogP contribution in [0.2, 0.25) is 0 Å². The zero-order chi connectivity index (χ0) is 14.6. The second-order valence-electron chi connectivity index (χ2n) is 5.65. The lowest BCUT2D eigenvalue weighted by Gasteiger charge is -2.35. The van der Waals surface area contributed by atoms with Gasteiger partial charge >= 0.3 is 12.0 Å². The van der Waals surface area contributed by atoms with Crippen molar-refractivity contribution in [3.63, 3.8) is 0 Å². The first-order valence-electron chi connectivity index (χ1n) is 6.77. The van der Waals surface area contributed by atoms with E-state index in [4.69, 9.17) is 5.11 Å². The molecule has 0 aromatic rings. The monoisotopic (exact) mass is 271 g/mol. The quantitative estimate of drug-likeness (QED) is 0.794. The van der Waals surface area contributed by atoms with E-state index in [0.29, 0.717) is 0 Å².